The van der Waals surface area contributed by atoms with Gasteiger partial charge in [-0.15, -0.1) is 0 Å². The van der Waals surface area contributed by atoms with E-state index in [-0.39, 0.29) is 47.5 Å². The van der Waals surface area contributed by atoms with Crippen LogP contribution < -0.4 is 27.0 Å². The molecule has 0 radical (unpaired) electrons. The molecule has 2 atom stereocenters. The molecule has 6 rings (SSSR count). The van der Waals surface area contributed by atoms with Crippen molar-refractivity contribution in [3.63, 3.8) is 0 Å². The Balaban J connectivity index is 1.09. The number of aryl methyl sites for hydroxylation is 1. The number of aromatic nitrogens is 3. The lowest BCUT2D eigenvalue weighted by Gasteiger charge is -2.29. The number of likely N-dealkylation sites (tertiary alicyclic amines) is 1. The van der Waals surface area contributed by atoms with Gasteiger partial charge in [-0.05, 0) is 122 Å². The molecule has 2 aromatic heterocycles. The van der Waals surface area contributed by atoms with E-state index in [9.17, 15) is 28.8 Å². The van der Waals surface area contributed by atoms with E-state index in [2.05, 4.69) is 36.2 Å². The summed E-state index contributed by atoms with van der Waals surface area (Å²) in [5.41, 5.74) is 3.49. The number of imidazole rings is 1. The highest BCUT2D eigenvalue weighted by molar-refractivity contribution is 5.99. The second-order valence-corrected chi connectivity index (χ2v) is 18.1. The van der Waals surface area contributed by atoms with Crippen LogP contribution in [-0.2, 0) is 25.5 Å². The SMILES string of the molecule is Cc1nc(C(=O)N[C@H]2CCN(C(=O)OC(C)(C)C)C2)ccc1-c1ccc(C[C@H](NC(=O)C2CCC(CNC(=O)OC(C)(C)C)CC2)C(=O)Nc2ccc3[nH]c(=O)[nH]c3c2)cc1. The van der Waals surface area contributed by atoms with Gasteiger partial charge in [-0.25, -0.2) is 19.4 Å². The summed E-state index contributed by atoms with van der Waals surface area (Å²) in [6.45, 7) is 14.0. The summed E-state index contributed by atoms with van der Waals surface area (Å²) in [5, 5.41) is 11.8. The molecule has 5 amide bonds. The molecule has 326 valence electrons. The van der Waals surface area contributed by atoms with Gasteiger partial charge in [0.25, 0.3) is 5.91 Å². The minimum absolute atomic E-state index is 0.207. The van der Waals surface area contributed by atoms with Crippen molar-refractivity contribution in [2.45, 2.75) is 110 Å². The number of H-pyrrole nitrogens is 2. The van der Waals surface area contributed by atoms with Crippen molar-refractivity contribution in [2.24, 2.45) is 11.8 Å². The van der Waals surface area contributed by atoms with E-state index in [0.29, 0.717) is 61.3 Å². The number of hydrogen-bond donors (Lipinski definition) is 6. The van der Waals surface area contributed by atoms with E-state index >= 15 is 0 Å². The number of aromatic amines is 2. The molecule has 16 nitrogen and oxygen atoms in total. The number of alkyl carbamates (subject to hydrolysis) is 1. The molecule has 1 aliphatic carbocycles. The smallest absolute Gasteiger partial charge is 0.410 e. The summed E-state index contributed by atoms with van der Waals surface area (Å²) in [6.07, 6.45) is 2.69. The normalized spacial score (nSPS) is 18.5. The van der Waals surface area contributed by atoms with Crippen LogP contribution in [0.2, 0.25) is 0 Å². The van der Waals surface area contributed by atoms with E-state index in [4.69, 9.17) is 9.47 Å². The molecular formula is C45H58N8O8. The number of benzene rings is 2. The Morgan fingerprint density at radius 3 is 2.21 bits per heavy atom. The zero-order chi connectivity index (χ0) is 44.1. The lowest BCUT2D eigenvalue weighted by atomic mass is 9.81. The molecule has 0 spiro atoms. The summed E-state index contributed by atoms with van der Waals surface area (Å²) in [5.74, 6) is -1.01. The summed E-state index contributed by atoms with van der Waals surface area (Å²) >= 11 is 0. The highest BCUT2D eigenvalue weighted by atomic mass is 16.6. The molecular weight excluding hydrogens is 781 g/mol. The first-order valence-corrected chi connectivity index (χ1v) is 20.9. The van der Waals surface area contributed by atoms with Crippen LogP contribution in [0.1, 0.15) is 95.4 Å². The van der Waals surface area contributed by atoms with Crippen molar-refractivity contribution in [3.05, 3.63) is 82.0 Å². The molecule has 2 aromatic carbocycles. The van der Waals surface area contributed by atoms with E-state index in [1.165, 1.54) is 0 Å². The van der Waals surface area contributed by atoms with Crippen LogP contribution in [0.25, 0.3) is 22.2 Å². The van der Waals surface area contributed by atoms with E-state index in [0.717, 1.165) is 29.5 Å². The van der Waals surface area contributed by atoms with Crippen LogP contribution in [0.15, 0.2) is 59.4 Å². The fourth-order valence-corrected chi connectivity index (χ4v) is 7.69. The van der Waals surface area contributed by atoms with Gasteiger partial charge >= 0.3 is 17.9 Å². The Morgan fingerprint density at radius 1 is 0.852 bits per heavy atom. The zero-order valence-corrected chi connectivity index (χ0v) is 36.0. The number of pyridine rings is 1. The number of carbonyl (C=O) groups excluding carboxylic acids is 5. The first kappa shape index (κ1) is 44.4. The van der Waals surface area contributed by atoms with Crippen LogP contribution >= 0.6 is 0 Å². The third-order valence-electron chi connectivity index (χ3n) is 10.8. The number of carbonyl (C=O) groups is 5. The first-order chi connectivity index (χ1) is 28.8. The lowest BCUT2D eigenvalue weighted by Crippen LogP contribution is -2.48. The Hall–Kier alpha value is -6.19. The van der Waals surface area contributed by atoms with Crippen LogP contribution in [0.4, 0.5) is 15.3 Å². The van der Waals surface area contributed by atoms with Gasteiger partial charge in [-0.2, -0.15) is 0 Å². The Labute approximate surface area is 355 Å². The van der Waals surface area contributed by atoms with Gasteiger partial charge in [0.1, 0.15) is 22.9 Å². The van der Waals surface area contributed by atoms with E-state index < -0.39 is 35.3 Å². The molecule has 2 aliphatic rings. The largest absolute Gasteiger partial charge is 0.444 e. The maximum atomic E-state index is 13.9. The topological polar surface area (TPSA) is 217 Å². The molecule has 6 N–H and O–H groups in total. The molecule has 0 bridgehead atoms. The first-order valence-electron chi connectivity index (χ1n) is 20.9. The highest BCUT2D eigenvalue weighted by Crippen LogP contribution is 2.29. The van der Waals surface area contributed by atoms with Gasteiger partial charge in [0, 0.05) is 55.0 Å². The van der Waals surface area contributed by atoms with Crippen LogP contribution in [0, 0.1) is 18.8 Å². The second-order valence-electron chi connectivity index (χ2n) is 18.1. The number of ether oxygens (including phenoxy) is 2. The quantitative estimate of drug-likeness (QED) is 0.105. The number of rotatable bonds is 11. The molecule has 1 saturated carbocycles. The van der Waals surface area contributed by atoms with Crippen LogP contribution in [0.3, 0.4) is 0 Å². The van der Waals surface area contributed by atoms with Crippen LogP contribution in [-0.4, -0.2) is 92.7 Å². The highest BCUT2D eigenvalue weighted by Gasteiger charge is 2.32. The third-order valence-corrected chi connectivity index (χ3v) is 10.8. The van der Waals surface area contributed by atoms with Crippen molar-refractivity contribution in [1.82, 2.24) is 35.8 Å². The summed E-state index contributed by atoms with van der Waals surface area (Å²) in [6, 6.07) is 15.1. The Morgan fingerprint density at radius 2 is 1.54 bits per heavy atom. The minimum Gasteiger partial charge on any atom is -0.444 e. The summed E-state index contributed by atoms with van der Waals surface area (Å²) in [4.78, 5) is 88.8. The molecule has 16 heteroatoms. The Kier molecular flexibility index (Phi) is 13.5. The molecule has 61 heavy (non-hydrogen) atoms. The minimum atomic E-state index is -0.914. The average Bonchev–Trinajstić information content (AvgIpc) is 3.81. The maximum Gasteiger partial charge on any atom is 0.410 e. The standard InChI is InChI=1S/C45H58N8O8/c1-26-33(17-19-35(47-26)39(55)49-32-20-21-53(25-32)43(59)61-45(5,6)7)29-12-8-27(9-13-29)22-37(40(56)48-31-16-18-34-36(23-31)52-41(57)51-34)50-38(54)30-14-10-28(11-15-30)24-46-42(58)60-44(2,3)4/h8-9,12-13,16-19,23,28,30,32,37H,10-11,14-15,20-22,24-25H2,1-7H3,(H,46,58)(H,48,56)(H,49,55)(H,50,54)(H2,51,52,57)/t28?,30?,32-,37-/m0/s1. The number of hydrogen-bond acceptors (Lipinski definition) is 9. The van der Waals surface area contributed by atoms with E-state index in [1.807, 2.05) is 78.8 Å². The number of nitrogens with zero attached hydrogens (tertiary/aromatic N) is 2. The fourth-order valence-electron chi connectivity index (χ4n) is 7.69. The molecule has 0 unspecified atom stereocenters. The molecule has 2 fully saturated rings. The number of amides is 5. The number of fused-ring (bicyclic) bond motifs is 1. The van der Waals surface area contributed by atoms with Crippen molar-refractivity contribution < 1.29 is 33.4 Å². The fraction of sp³-hybridized carbons (Fsp3) is 0.489. The predicted octanol–water partition coefficient (Wildman–Crippen LogP) is 5.96. The van der Waals surface area contributed by atoms with Crippen molar-refractivity contribution in [2.75, 3.05) is 25.0 Å². The van der Waals surface area contributed by atoms with Gasteiger partial charge in [-0.1, -0.05) is 30.3 Å². The second kappa shape index (κ2) is 18.6. The third kappa shape index (κ3) is 12.4. The molecule has 1 saturated heterocycles. The van der Waals surface area contributed by atoms with Crippen molar-refractivity contribution in [1.29, 1.82) is 0 Å². The van der Waals surface area contributed by atoms with Gasteiger partial charge in [-0.3, -0.25) is 14.4 Å². The molecule has 4 aromatic rings. The van der Waals surface area contributed by atoms with Gasteiger partial charge in [0.15, 0.2) is 0 Å². The monoisotopic (exact) mass is 838 g/mol. The van der Waals surface area contributed by atoms with Gasteiger partial charge in [0.05, 0.1) is 11.0 Å². The van der Waals surface area contributed by atoms with Crippen LogP contribution in [0.5, 0.6) is 0 Å². The summed E-state index contributed by atoms with van der Waals surface area (Å²) < 4.78 is 10.8. The Bertz CT molecular complexity index is 2300. The van der Waals surface area contributed by atoms with Gasteiger partial charge in [0.2, 0.25) is 11.8 Å². The van der Waals surface area contributed by atoms with Crippen molar-refractivity contribution in [3.8, 4) is 11.1 Å². The molecule has 3 heterocycles. The lowest BCUT2D eigenvalue weighted by molar-refractivity contribution is -0.130. The van der Waals surface area contributed by atoms with Gasteiger partial charge < -0.3 is 45.6 Å². The molecule has 1 aliphatic heterocycles. The number of nitrogens with one attached hydrogen (secondary N) is 6. The van der Waals surface area contributed by atoms with Crippen molar-refractivity contribution >= 4 is 46.6 Å². The number of anilines is 1. The maximum absolute atomic E-state index is 13.9. The van der Waals surface area contributed by atoms with E-state index in [1.54, 1.807) is 29.2 Å². The predicted molar refractivity (Wildman–Crippen MR) is 231 cm³/mol. The average molecular weight is 839 g/mol. The zero-order valence-electron chi connectivity index (χ0n) is 36.0. The summed E-state index contributed by atoms with van der Waals surface area (Å²) in [7, 11) is 0.